The first-order chi connectivity index (χ1) is 10.1. The van der Waals surface area contributed by atoms with E-state index < -0.39 is 5.82 Å². The molecule has 2 rings (SSSR count). The van der Waals surface area contributed by atoms with Crippen LogP contribution >= 0.6 is 15.9 Å². The summed E-state index contributed by atoms with van der Waals surface area (Å²) in [6, 6.07) is 11.8. The van der Waals surface area contributed by atoms with Crippen molar-refractivity contribution in [3.05, 3.63) is 63.4 Å². The molecule has 5 heteroatoms. The van der Waals surface area contributed by atoms with E-state index >= 15 is 0 Å². The van der Waals surface area contributed by atoms with E-state index in [1.54, 1.807) is 6.07 Å². The molecule has 0 spiro atoms. The molecule has 21 heavy (non-hydrogen) atoms. The highest BCUT2D eigenvalue weighted by Gasteiger charge is 2.05. The number of nitrogens with zero attached hydrogens (tertiary/aromatic N) is 1. The number of nitriles is 1. The molecule has 0 aliphatic carbocycles. The quantitative estimate of drug-likeness (QED) is 0.898. The fraction of sp³-hybridized carbons (Fsp3) is 0.188. The fourth-order valence-corrected chi connectivity index (χ4v) is 2.48. The van der Waals surface area contributed by atoms with Crippen LogP contribution in [-0.2, 0) is 13.0 Å². The van der Waals surface area contributed by atoms with Gasteiger partial charge in [-0.3, -0.25) is 0 Å². The molecule has 0 radical (unpaired) electrons. The Bertz CT molecular complexity index is 682. The maximum Gasteiger partial charge on any atom is 0.134 e. The third-order valence-electron chi connectivity index (χ3n) is 2.91. The van der Waals surface area contributed by atoms with E-state index in [1.807, 2.05) is 24.3 Å². The van der Waals surface area contributed by atoms with Crippen molar-refractivity contribution in [1.29, 1.82) is 5.26 Å². The zero-order valence-electron chi connectivity index (χ0n) is 11.3. The summed E-state index contributed by atoms with van der Waals surface area (Å²) in [5.41, 5.74) is 7.53. The van der Waals surface area contributed by atoms with Crippen LogP contribution in [0.1, 0.15) is 16.7 Å². The van der Waals surface area contributed by atoms with Gasteiger partial charge in [-0.15, -0.1) is 0 Å². The molecule has 0 heterocycles. The van der Waals surface area contributed by atoms with Crippen LogP contribution in [0.5, 0.6) is 5.75 Å². The second-order valence-electron chi connectivity index (χ2n) is 4.55. The van der Waals surface area contributed by atoms with E-state index in [1.165, 1.54) is 12.1 Å². The molecule has 0 saturated carbocycles. The summed E-state index contributed by atoms with van der Waals surface area (Å²) in [4.78, 5) is 0. The number of ether oxygens (including phenoxy) is 1. The van der Waals surface area contributed by atoms with Crippen LogP contribution in [0.3, 0.4) is 0 Å². The first-order valence-corrected chi connectivity index (χ1v) is 7.22. The van der Waals surface area contributed by atoms with Crippen LogP contribution in [-0.4, -0.2) is 6.54 Å². The van der Waals surface area contributed by atoms with Crippen molar-refractivity contribution in [3.8, 4) is 11.8 Å². The molecule has 0 saturated heterocycles. The third-order valence-corrected chi connectivity index (χ3v) is 3.53. The average molecular weight is 349 g/mol. The summed E-state index contributed by atoms with van der Waals surface area (Å²) in [5.74, 6) is 0.226. The van der Waals surface area contributed by atoms with Gasteiger partial charge < -0.3 is 10.5 Å². The Balaban J connectivity index is 2.10. The number of benzene rings is 2. The monoisotopic (exact) mass is 348 g/mol. The average Bonchev–Trinajstić information content (AvgIpc) is 2.46. The van der Waals surface area contributed by atoms with Gasteiger partial charge >= 0.3 is 0 Å². The van der Waals surface area contributed by atoms with Crippen molar-refractivity contribution < 1.29 is 9.13 Å². The lowest BCUT2D eigenvalue weighted by Gasteiger charge is -2.10. The van der Waals surface area contributed by atoms with Gasteiger partial charge in [0.1, 0.15) is 18.2 Å². The lowest BCUT2D eigenvalue weighted by Crippen LogP contribution is -2.03. The minimum Gasteiger partial charge on any atom is -0.488 e. The molecule has 0 fully saturated rings. The molecule has 3 nitrogen and oxygen atoms in total. The topological polar surface area (TPSA) is 59.0 Å². The van der Waals surface area contributed by atoms with Gasteiger partial charge in [0.05, 0.1) is 16.1 Å². The van der Waals surface area contributed by atoms with Crippen LogP contribution in [0.2, 0.25) is 0 Å². The number of rotatable bonds is 5. The summed E-state index contributed by atoms with van der Waals surface area (Å²) in [6.45, 7) is 0.786. The largest absolute Gasteiger partial charge is 0.488 e. The van der Waals surface area contributed by atoms with Gasteiger partial charge in [0.25, 0.3) is 0 Å². The Morgan fingerprint density at radius 3 is 2.67 bits per heavy atom. The van der Waals surface area contributed by atoms with Crippen molar-refractivity contribution in [2.45, 2.75) is 13.0 Å². The van der Waals surface area contributed by atoms with Gasteiger partial charge in [0, 0.05) is 0 Å². The zero-order chi connectivity index (χ0) is 15.2. The fourth-order valence-electron chi connectivity index (χ4n) is 1.94. The van der Waals surface area contributed by atoms with Gasteiger partial charge in [-0.2, -0.15) is 5.26 Å². The Morgan fingerprint density at radius 2 is 2.00 bits per heavy atom. The highest BCUT2D eigenvalue weighted by molar-refractivity contribution is 9.10. The predicted molar refractivity (Wildman–Crippen MR) is 82.3 cm³/mol. The molecular formula is C16H14BrFN2O. The summed E-state index contributed by atoms with van der Waals surface area (Å²) in [6.07, 6.45) is 0.800. The predicted octanol–water partition coefficient (Wildman–Crippen LogP) is 3.54. The lowest BCUT2D eigenvalue weighted by atomic mass is 10.1. The Morgan fingerprint density at radius 1 is 1.19 bits per heavy atom. The van der Waals surface area contributed by atoms with E-state index in [0.29, 0.717) is 17.9 Å². The van der Waals surface area contributed by atoms with Gasteiger partial charge in [-0.05, 0) is 70.4 Å². The Labute approximate surface area is 131 Å². The molecule has 0 aromatic heterocycles. The molecule has 108 valence electrons. The van der Waals surface area contributed by atoms with E-state index in [4.69, 9.17) is 15.7 Å². The Kier molecular flexibility index (Phi) is 5.32. The lowest BCUT2D eigenvalue weighted by molar-refractivity contribution is 0.303. The van der Waals surface area contributed by atoms with E-state index in [0.717, 1.165) is 16.5 Å². The van der Waals surface area contributed by atoms with Crippen molar-refractivity contribution in [1.82, 2.24) is 0 Å². The smallest absolute Gasteiger partial charge is 0.134 e. The first kappa shape index (κ1) is 15.5. The van der Waals surface area contributed by atoms with Crippen LogP contribution in [0.25, 0.3) is 0 Å². The molecule has 0 atom stereocenters. The zero-order valence-corrected chi connectivity index (χ0v) is 12.9. The maximum atomic E-state index is 13.3. The molecule has 2 N–H and O–H groups in total. The third kappa shape index (κ3) is 4.28. The summed E-state index contributed by atoms with van der Waals surface area (Å²) in [5, 5.41) is 8.82. The molecule has 0 unspecified atom stereocenters. The standard InChI is InChI=1S/C16H14BrFN2O/c17-15-8-11(3-4-19)1-2-16(15)21-10-13-5-12(9-20)6-14(18)7-13/h1-2,5-8H,3-4,10,19H2. The number of nitrogens with two attached hydrogens (primary N) is 1. The molecular weight excluding hydrogens is 335 g/mol. The maximum absolute atomic E-state index is 13.3. The Hall–Kier alpha value is -1.90. The minimum atomic E-state index is -0.440. The highest BCUT2D eigenvalue weighted by atomic mass is 79.9. The molecule has 2 aromatic rings. The van der Waals surface area contributed by atoms with Gasteiger partial charge in [-0.25, -0.2) is 4.39 Å². The van der Waals surface area contributed by atoms with Crippen LogP contribution in [0, 0.1) is 17.1 Å². The van der Waals surface area contributed by atoms with Gasteiger partial charge in [0.15, 0.2) is 0 Å². The molecule has 0 aliphatic rings. The highest BCUT2D eigenvalue weighted by Crippen LogP contribution is 2.27. The van der Waals surface area contributed by atoms with E-state index in [9.17, 15) is 4.39 Å². The summed E-state index contributed by atoms with van der Waals surface area (Å²) < 4.78 is 19.8. The summed E-state index contributed by atoms with van der Waals surface area (Å²) in [7, 11) is 0. The van der Waals surface area contributed by atoms with Crippen molar-refractivity contribution in [3.63, 3.8) is 0 Å². The summed E-state index contributed by atoms with van der Waals surface area (Å²) >= 11 is 3.44. The van der Waals surface area contributed by atoms with Crippen molar-refractivity contribution >= 4 is 15.9 Å². The first-order valence-electron chi connectivity index (χ1n) is 6.43. The number of halogens is 2. The van der Waals surface area contributed by atoms with Crippen molar-refractivity contribution in [2.75, 3.05) is 6.54 Å². The molecule has 0 amide bonds. The van der Waals surface area contributed by atoms with Crippen LogP contribution in [0.4, 0.5) is 4.39 Å². The van der Waals surface area contributed by atoms with Crippen molar-refractivity contribution in [2.24, 2.45) is 5.73 Å². The normalized spacial score (nSPS) is 10.2. The number of hydrogen-bond donors (Lipinski definition) is 1. The van der Waals surface area contributed by atoms with Gasteiger partial charge in [0.2, 0.25) is 0 Å². The van der Waals surface area contributed by atoms with E-state index in [-0.39, 0.29) is 12.2 Å². The van der Waals surface area contributed by atoms with Gasteiger partial charge in [-0.1, -0.05) is 6.07 Å². The SMILES string of the molecule is N#Cc1cc(F)cc(COc2ccc(CCN)cc2Br)c1. The second-order valence-corrected chi connectivity index (χ2v) is 5.41. The number of hydrogen-bond acceptors (Lipinski definition) is 3. The van der Waals surface area contributed by atoms with E-state index in [2.05, 4.69) is 15.9 Å². The van der Waals surface area contributed by atoms with Crippen LogP contribution < -0.4 is 10.5 Å². The van der Waals surface area contributed by atoms with Crippen LogP contribution in [0.15, 0.2) is 40.9 Å². The minimum absolute atomic E-state index is 0.196. The second kappa shape index (κ2) is 7.21. The molecule has 2 aromatic carbocycles. The molecule has 0 aliphatic heterocycles. The molecule has 0 bridgehead atoms.